The minimum Gasteiger partial charge on any atom is -0.465 e. The number of Topliss-reactive ketones (excluding diaryl/α,β-unsaturated/α-hetero) is 1. The summed E-state index contributed by atoms with van der Waals surface area (Å²) in [6.07, 6.45) is 9.29. The Morgan fingerprint density at radius 2 is 1.31 bits per heavy atom. The highest BCUT2D eigenvalue weighted by atomic mass is 16.5. The summed E-state index contributed by atoms with van der Waals surface area (Å²) in [4.78, 5) is 74.4. The first-order valence-corrected chi connectivity index (χ1v) is 17.3. The van der Waals surface area contributed by atoms with Crippen molar-refractivity contribution in [3.05, 3.63) is 5.56 Å². The summed E-state index contributed by atoms with van der Waals surface area (Å²) < 4.78 is 5.41. The summed E-state index contributed by atoms with van der Waals surface area (Å²) in [6.45, 7) is 9.68. The molecule has 12 nitrogen and oxygen atoms in total. The van der Waals surface area contributed by atoms with Gasteiger partial charge in [-0.1, -0.05) is 19.3 Å². The normalized spacial score (nSPS) is 23.5. The summed E-state index contributed by atoms with van der Waals surface area (Å²) >= 11 is 0. The van der Waals surface area contributed by atoms with Crippen molar-refractivity contribution in [3.63, 3.8) is 0 Å². The Kier molecular flexibility index (Phi) is 9.46. The van der Waals surface area contributed by atoms with Crippen LogP contribution in [0.25, 0.3) is 0 Å². The zero-order valence-electron chi connectivity index (χ0n) is 27.1. The molecule has 246 valence electrons. The van der Waals surface area contributed by atoms with Crippen LogP contribution in [0.4, 0.5) is 17.6 Å². The van der Waals surface area contributed by atoms with Crippen LogP contribution >= 0.6 is 0 Å². The van der Waals surface area contributed by atoms with Crippen molar-refractivity contribution in [2.75, 3.05) is 80.2 Å². The first-order chi connectivity index (χ1) is 21.8. The lowest BCUT2D eigenvalue weighted by atomic mass is 9.72. The van der Waals surface area contributed by atoms with Crippen molar-refractivity contribution in [1.82, 2.24) is 19.8 Å². The fourth-order valence-electron chi connectivity index (χ4n) is 8.01. The summed E-state index contributed by atoms with van der Waals surface area (Å²) in [6, 6.07) is -0.562. The number of rotatable bonds is 8. The molecule has 5 fully saturated rings. The molecule has 1 unspecified atom stereocenters. The highest BCUT2D eigenvalue weighted by molar-refractivity contribution is 6.05. The number of carbonyl (C=O) groups is 4. The second-order valence-electron chi connectivity index (χ2n) is 13.3. The molecule has 4 saturated heterocycles. The van der Waals surface area contributed by atoms with Crippen molar-refractivity contribution < 1.29 is 23.9 Å². The molecule has 5 aliphatic rings. The Hall–Kier alpha value is -3.44. The SMILES string of the molecule is CCOC(=O)C1(C(=O)N2CCCC2C(=O)N2CCN(c3nc(N4CCCC4)nc(N4CCCC4)c3C(C)=O)CC2)CCCCC1. The fraction of sp³-hybridized carbons (Fsp3) is 0.758. The van der Waals surface area contributed by atoms with Crippen LogP contribution in [0.3, 0.4) is 0 Å². The monoisotopic (exact) mass is 623 g/mol. The fourth-order valence-corrected chi connectivity index (χ4v) is 8.01. The molecular weight excluding hydrogens is 574 g/mol. The number of likely N-dealkylation sites (tertiary alicyclic amines) is 1. The van der Waals surface area contributed by atoms with Gasteiger partial charge in [0.15, 0.2) is 5.78 Å². The summed E-state index contributed by atoms with van der Waals surface area (Å²) in [5, 5.41) is 0. The first kappa shape index (κ1) is 31.5. The standard InChI is InChI=1S/C33H49N7O5/c1-3-45-31(44)33(13-5-4-6-14-33)30(43)40-19-11-12-25(40)29(42)38-22-20-37(21-23-38)28-26(24(2)41)27(36-15-7-8-16-36)34-32(35-28)39-17-9-10-18-39/h25H,3-23H2,1-2H3. The van der Waals surface area contributed by atoms with E-state index < -0.39 is 17.4 Å². The van der Waals surface area contributed by atoms with E-state index in [1.807, 2.05) is 4.90 Å². The molecule has 1 saturated carbocycles. The maximum absolute atomic E-state index is 14.0. The lowest BCUT2D eigenvalue weighted by molar-refractivity contribution is -0.169. The van der Waals surface area contributed by atoms with E-state index in [1.165, 1.54) is 0 Å². The molecule has 0 radical (unpaired) electrons. The van der Waals surface area contributed by atoms with Gasteiger partial charge in [-0.25, -0.2) is 0 Å². The summed E-state index contributed by atoms with van der Waals surface area (Å²) in [5.74, 6) is 1.33. The van der Waals surface area contributed by atoms with Gasteiger partial charge in [0.2, 0.25) is 17.8 Å². The topological polar surface area (TPSA) is 119 Å². The van der Waals surface area contributed by atoms with E-state index in [4.69, 9.17) is 14.7 Å². The minimum atomic E-state index is -1.17. The van der Waals surface area contributed by atoms with E-state index in [0.29, 0.717) is 69.3 Å². The van der Waals surface area contributed by atoms with Crippen LogP contribution in [-0.2, 0) is 19.1 Å². The highest BCUT2D eigenvalue weighted by Gasteiger charge is 2.52. The van der Waals surface area contributed by atoms with E-state index in [9.17, 15) is 19.2 Å². The van der Waals surface area contributed by atoms with Crippen LogP contribution in [0.2, 0.25) is 0 Å². The predicted octanol–water partition coefficient (Wildman–Crippen LogP) is 3.03. The Morgan fingerprint density at radius 1 is 0.733 bits per heavy atom. The van der Waals surface area contributed by atoms with Crippen LogP contribution < -0.4 is 14.7 Å². The molecule has 4 aliphatic heterocycles. The number of esters is 1. The maximum atomic E-state index is 14.0. The van der Waals surface area contributed by atoms with Crippen LogP contribution in [0.15, 0.2) is 0 Å². The number of carbonyl (C=O) groups excluding carboxylic acids is 4. The van der Waals surface area contributed by atoms with Gasteiger partial charge in [-0.15, -0.1) is 0 Å². The smallest absolute Gasteiger partial charge is 0.321 e. The molecular formula is C33H49N7O5. The number of hydrogen-bond donors (Lipinski definition) is 0. The third-order valence-electron chi connectivity index (χ3n) is 10.5. The van der Waals surface area contributed by atoms with Gasteiger partial charge in [0, 0.05) is 58.9 Å². The van der Waals surface area contributed by atoms with Crippen molar-refractivity contribution in [1.29, 1.82) is 0 Å². The molecule has 5 heterocycles. The number of amides is 2. The van der Waals surface area contributed by atoms with Gasteiger partial charge < -0.3 is 29.2 Å². The first-order valence-electron chi connectivity index (χ1n) is 17.3. The second-order valence-corrected chi connectivity index (χ2v) is 13.3. The number of ether oxygens (including phenoxy) is 1. The molecule has 0 spiro atoms. The zero-order valence-corrected chi connectivity index (χ0v) is 27.1. The van der Waals surface area contributed by atoms with E-state index in [1.54, 1.807) is 18.7 Å². The molecule has 1 aliphatic carbocycles. The average molecular weight is 624 g/mol. The van der Waals surface area contributed by atoms with Gasteiger partial charge in [-0.2, -0.15) is 9.97 Å². The van der Waals surface area contributed by atoms with Crippen LogP contribution in [0.1, 0.15) is 94.8 Å². The molecule has 2 amide bonds. The van der Waals surface area contributed by atoms with Gasteiger partial charge >= 0.3 is 5.97 Å². The lowest BCUT2D eigenvalue weighted by Gasteiger charge is -2.41. The second kappa shape index (κ2) is 13.5. The Morgan fingerprint density at radius 3 is 1.89 bits per heavy atom. The summed E-state index contributed by atoms with van der Waals surface area (Å²) in [5.41, 5.74) is -0.601. The lowest BCUT2D eigenvalue weighted by Crippen LogP contribution is -2.58. The quantitative estimate of drug-likeness (QED) is 0.243. The van der Waals surface area contributed by atoms with Crippen LogP contribution in [-0.4, -0.2) is 115 Å². The number of anilines is 3. The molecule has 0 aromatic carbocycles. The molecule has 45 heavy (non-hydrogen) atoms. The molecule has 0 N–H and O–H groups in total. The van der Waals surface area contributed by atoms with Crippen molar-refractivity contribution in [3.8, 4) is 0 Å². The van der Waals surface area contributed by atoms with Crippen LogP contribution in [0.5, 0.6) is 0 Å². The van der Waals surface area contributed by atoms with E-state index >= 15 is 0 Å². The van der Waals surface area contributed by atoms with Gasteiger partial charge in [-0.3, -0.25) is 19.2 Å². The number of piperazine rings is 1. The number of aromatic nitrogens is 2. The molecule has 1 aromatic rings. The van der Waals surface area contributed by atoms with E-state index in [2.05, 4.69) is 14.7 Å². The van der Waals surface area contributed by atoms with E-state index in [-0.39, 0.29) is 24.2 Å². The van der Waals surface area contributed by atoms with E-state index in [0.717, 1.165) is 83.4 Å². The molecule has 1 atom stereocenters. The molecule has 12 heteroatoms. The van der Waals surface area contributed by atoms with Crippen molar-refractivity contribution in [2.24, 2.45) is 5.41 Å². The number of ketones is 1. The van der Waals surface area contributed by atoms with Gasteiger partial charge in [0.25, 0.3) is 0 Å². The number of nitrogens with zero attached hydrogens (tertiary/aromatic N) is 7. The van der Waals surface area contributed by atoms with Crippen molar-refractivity contribution >= 4 is 41.2 Å². The minimum absolute atomic E-state index is 0.0447. The van der Waals surface area contributed by atoms with Crippen LogP contribution in [0, 0.1) is 5.41 Å². The van der Waals surface area contributed by atoms with Gasteiger partial charge in [-0.05, 0) is 65.2 Å². The molecule has 1 aromatic heterocycles. The van der Waals surface area contributed by atoms with Crippen molar-refractivity contribution in [2.45, 2.75) is 90.5 Å². The maximum Gasteiger partial charge on any atom is 0.321 e. The van der Waals surface area contributed by atoms with Gasteiger partial charge in [0.1, 0.15) is 28.7 Å². The largest absolute Gasteiger partial charge is 0.465 e. The highest BCUT2D eigenvalue weighted by Crippen LogP contribution is 2.41. The van der Waals surface area contributed by atoms with Gasteiger partial charge in [0.05, 0.1) is 6.61 Å². The predicted molar refractivity (Wildman–Crippen MR) is 171 cm³/mol. The average Bonchev–Trinajstić information content (AvgIpc) is 3.87. The Bertz CT molecular complexity index is 1280. The third kappa shape index (κ3) is 6.08. The Labute approximate surface area is 266 Å². The molecule has 0 bridgehead atoms. The number of hydrogen-bond acceptors (Lipinski definition) is 10. The Balaban J connectivity index is 1.19. The zero-order chi connectivity index (χ0) is 31.6. The molecule has 6 rings (SSSR count). The summed E-state index contributed by atoms with van der Waals surface area (Å²) in [7, 11) is 0. The third-order valence-corrected chi connectivity index (χ3v) is 10.5.